The molecular weight excluding hydrogens is 316 g/mol. The fraction of sp³-hybridized carbons (Fsp3) is 0.308. The van der Waals surface area contributed by atoms with Gasteiger partial charge in [-0.2, -0.15) is 0 Å². The molecule has 0 bridgehead atoms. The third-order valence-corrected chi connectivity index (χ3v) is 4.03. The molecule has 0 aliphatic heterocycles. The Hall–Kier alpha value is -1.84. The van der Waals surface area contributed by atoms with E-state index < -0.39 is 33.3 Å². The second kappa shape index (κ2) is 6.11. The number of rotatable bonds is 5. The third kappa shape index (κ3) is 3.67. The molecule has 0 amide bonds. The van der Waals surface area contributed by atoms with Crippen LogP contribution in [0.2, 0.25) is 0 Å². The van der Waals surface area contributed by atoms with Crippen molar-refractivity contribution in [2.24, 2.45) is 5.14 Å². The fourth-order valence-electron chi connectivity index (χ4n) is 2.21. The molecule has 2 aromatic rings. The Labute approximate surface area is 125 Å². The van der Waals surface area contributed by atoms with Crippen LogP contribution in [0.25, 0.3) is 10.8 Å². The fourth-order valence-corrected chi connectivity index (χ4v) is 2.61. The zero-order valence-corrected chi connectivity index (χ0v) is 12.5. The van der Waals surface area contributed by atoms with Gasteiger partial charge in [0.15, 0.2) is 0 Å². The van der Waals surface area contributed by atoms with Gasteiger partial charge in [0.25, 0.3) is 5.56 Å². The molecule has 120 valence electrons. The highest BCUT2D eigenvalue weighted by Gasteiger charge is 2.16. The molecule has 0 saturated carbocycles. The van der Waals surface area contributed by atoms with E-state index in [1.54, 1.807) is 6.92 Å². The van der Waals surface area contributed by atoms with Gasteiger partial charge in [-0.3, -0.25) is 4.79 Å². The highest BCUT2D eigenvalue weighted by atomic mass is 32.2. The van der Waals surface area contributed by atoms with Crippen molar-refractivity contribution >= 4 is 20.8 Å². The lowest BCUT2D eigenvalue weighted by atomic mass is 10.0. The summed E-state index contributed by atoms with van der Waals surface area (Å²) in [5.74, 6) is -2.02. The summed E-state index contributed by atoms with van der Waals surface area (Å²) in [6, 6.07) is 1.27. The van der Waals surface area contributed by atoms with E-state index in [0.717, 1.165) is 6.07 Å². The molecule has 0 saturated heterocycles. The summed E-state index contributed by atoms with van der Waals surface area (Å²) in [4.78, 5) is 14.1. The number of aromatic amines is 1. The van der Waals surface area contributed by atoms with Gasteiger partial charge in [-0.15, -0.1) is 0 Å². The molecule has 0 spiro atoms. The van der Waals surface area contributed by atoms with Crippen LogP contribution < -0.4 is 16.0 Å². The van der Waals surface area contributed by atoms with E-state index in [-0.39, 0.29) is 23.1 Å². The number of hydrogen-bond donors (Lipinski definition) is 3. The first kappa shape index (κ1) is 16.5. The average molecular weight is 331 g/mol. The van der Waals surface area contributed by atoms with Crippen molar-refractivity contribution in [3.63, 3.8) is 0 Å². The van der Waals surface area contributed by atoms with E-state index in [9.17, 15) is 22.0 Å². The number of sulfonamides is 1. The second-order valence-corrected chi connectivity index (χ2v) is 6.66. The summed E-state index contributed by atoms with van der Waals surface area (Å²) in [6.07, 6.45) is 1.35. The number of nitrogens with two attached hydrogens (primary N) is 1. The zero-order chi connectivity index (χ0) is 16.5. The molecule has 0 fully saturated rings. The van der Waals surface area contributed by atoms with Gasteiger partial charge in [-0.05, 0) is 23.9 Å². The number of halogens is 2. The number of primary sulfonamides is 1. The van der Waals surface area contributed by atoms with Crippen LogP contribution in [-0.4, -0.2) is 25.7 Å². The molecule has 0 aliphatic rings. The van der Waals surface area contributed by atoms with Gasteiger partial charge >= 0.3 is 0 Å². The number of H-pyrrole nitrogens is 1. The molecule has 0 radical (unpaired) electrons. The van der Waals surface area contributed by atoms with Gasteiger partial charge in [-0.1, -0.05) is 0 Å². The van der Waals surface area contributed by atoms with Gasteiger partial charge in [0, 0.05) is 24.8 Å². The molecule has 1 heterocycles. The molecule has 22 heavy (non-hydrogen) atoms. The van der Waals surface area contributed by atoms with Crippen LogP contribution >= 0.6 is 0 Å². The first-order valence-electron chi connectivity index (χ1n) is 6.43. The van der Waals surface area contributed by atoms with E-state index in [2.05, 4.69) is 10.3 Å². The molecule has 2 rings (SSSR count). The minimum absolute atomic E-state index is 0.0679. The predicted molar refractivity (Wildman–Crippen MR) is 78.9 cm³/mol. The predicted octanol–water partition coefficient (Wildman–Crippen LogP) is 0.745. The first-order valence-corrected chi connectivity index (χ1v) is 8.15. The Balaban J connectivity index is 2.39. The van der Waals surface area contributed by atoms with E-state index in [0.29, 0.717) is 11.6 Å². The van der Waals surface area contributed by atoms with Gasteiger partial charge in [0.2, 0.25) is 10.0 Å². The van der Waals surface area contributed by atoms with Crippen LogP contribution in [0.3, 0.4) is 0 Å². The topological polar surface area (TPSA) is 105 Å². The van der Waals surface area contributed by atoms with Crippen LogP contribution in [0, 0.1) is 11.6 Å². The van der Waals surface area contributed by atoms with Crippen LogP contribution in [0.4, 0.5) is 8.78 Å². The lowest BCUT2D eigenvalue weighted by molar-refractivity contribution is 0.573. The summed E-state index contributed by atoms with van der Waals surface area (Å²) < 4.78 is 49.0. The third-order valence-electron chi connectivity index (χ3n) is 3.26. The monoisotopic (exact) mass is 331 g/mol. The van der Waals surface area contributed by atoms with Crippen molar-refractivity contribution in [2.45, 2.75) is 13.0 Å². The molecule has 1 aromatic heterocycles. The van der Waals surface area contributed by atoms with Crippen LogP contribution in [0.15, 0.2) is 23.1 Å². The molecule has 1 unspecified atom stereocenters. The van der Waals surface area contributed by atoms with Gasteiger partial charge in [-0.25, -0.2) is 22.3 Å². The van der Waals surface area contributed by atoms with Crippen LogP contribution in [0.1, 0.15) is 18.5 Å². The highest BCUT2D eigenvalue weighted by molar-refractivity contribution is 7.89. The summed E-state index contributed by atoms with van der Waals surface area (Å²) in [5.41, 5.74) is -0.213. The van der Waals surface area contributed by atoms with Crippen molar-refractivity contribution in [2.75, 3.05) is 12.3 Å². The maximum atomic E-state index is 13.8. The van der Waals surface area contributed by atoms with E-state index in [1.165, 1.54) is 6.20 Å². The SMILES string of the molecule is CC(NCCS(N)(=O)=O)c1c[nH]c(=O)c2c(F)cc(F)cc12. The lowest BCUT2D eigenvalue weighted by Crippen LogP contribution is -2.29. The van der Waals surface area contributed by atoms with E-state index in [1.807, 2.05) is 0 Å². The van der Waals surface area contributed by atoms with Crippen molar-refractivity contribution in [3.8, 4) is 0 Å². The number of hydrogen-bond acceptors (Lipinski definition) is 4. The van der Waals surface area contributed by atoms with Gasteiger partial charge in [0.05, 0.1) is 11.1 Å². The number of aromatic nitrogens is 1. The maximum Gasteiger partial charge on any atom is 0.258 e. The van der Waals surface area contributed by atoms with E-state index >= 15 is 0 Å². The number of fused-ring (bicyclic) bond motifs is 1. The standard InChI is InChI=1S/C13H15F2N3O3S/c1-7(17-2-3-22(16,20)21)10-6-18-13(19)12-9(10)4-8(14)5-11(12)15/h4-7,17H,2-3H2,1H3,(H,18,19)(H2,16,20,21). The molecule has 6 nitrogen and oxygen atoms in total. The minimum atomic E-state index is -3.60. The summed E-state index contributed by atoms with van der Waals surface area (Å²) in [6.45, 7) is 1.75. The summed E-state index contributed by atoms with van der Waals surface area (Å²) in [5, 5.41) is 7.67. The molecular formula is C13H15F2N3O3S. The first-order chi connectivity index (χ1) is 10.2. The summed E-state index contributed by atoms with van der Waals surface area (Å²) >= 11 is 0. The minimum Gasteiger partial charge on any atom is -0.328 e. The Morgan fingerprint density at radius 2 is 2.05 bits per heavy atom. The van der Waals surface area contributed by atoms with Gasteiger partial charge in [0.1, 0.15) is 11.6 Å². The number of pyridine rings is 1. The highest BCUT2D eigenvalue weighted by Crippen LogP contribution is 2.24. The largest absolute Gasteiger partial charge is 0.328 e. The lowest BCUT2D eigenvalue weighted by Gasteiger charge is -2.16. The van der Waals surface area contributed by atoms with Crippen LogP contribution in [0.5, 0.6) is 0 Å². The Bertz CT molecular complexity index is 865. The average Bonchev–Trinajstić information content (AvgIpc) is 2.36. The van der Waals surface area contributed by atoms with Crippen molar-refractivity contribution in [1.82, 2.24) is 10.3 Å². The van der Waals surface area contributed by atoms with Gasteiger partial charge < -0.3 is 10.3 Å². The molecule has 1 aromatic carbocycles. The number of benzene rings is 1. The normalized spacial score (nSPS) is 13.5. The summed E-state index contributed by atoms with van der Waals surface area (Å²) in [7, 11) is -3.60. The zero-order valence-electron chi connectivity index (χ0n) is 11.7. The molecule has 0 aliphatic carbocycles. The Morgan fingerprint density at radius 3 is 2.68 bits per heavy atom. The Kier molecular flexibility index (Phi) is 4.59. The molecule has 9 heteroatoms. The second-order valence-electron chi connectivity index (χ2n) is 4.93. The molecule has 1 atom stereocenters. The van der Waals surface area contributed by atoms with Crippen LogP contribution in [-0.2, 0) is 10.0 Å². The Morgan fingerprint density at radius 1 is 1.36 bits per heavy atom. The quantitative estimate of drug-likeness (QED) is 0.751. The van der Waals surface area contributed by atoms with E-state index in [4.69, 9.17) is 5.14 Å². The van der Waals surface area contributed by atoms with Crippen molar-refractivity contribution < 1.29 is 17.2 Å². The maximum absolute atomic E-state index is 13.8. The van der Waals surface area contributed by atoms with Crippen molar-refractivity contribution in [1.29, 1.82) is 0 Å². The number of nitrogens with one attached hydrogen (secondary N) is 2. The molecule has 4 N–H and O–H groups in total. The van der Waals surface area contributed by atoms with Crippen molar-refractivity contribution in [3.05, 3.63) is 45.9 Å². The smallest absolute Gasteiger partial charge is 0.258 e.